The minimum atomic E-state index is -2.74. The maximum Gasteiger partial charge on any atom is 0.262 e. The molecule has 1 fully saturated rings. The highest BCUT2D eigenvalue weighted by molar-refractivity contribution is 4.75. The van der Waals surface area contributed by atoms with Gasteiger partial charge in [0.15, 0.2) is 0 Å². The van der Waals surface area contributed by atoms with Gasteiger partial charge in [0.1, 0.15) is 0 Å². The van der Waals surface area contributed by atoms with Crippen LogP contribution in [0.3, 0.4) is 0 Å². The van der Waals surface area contributed by atoms with Crippen molar-refractivity contribution in [1.29, 1.82) is 0 Å². The molecule has 66 valence electrons. The van der Waals surface area contributed by atoms with E-state index in [1.165, 1.54) is 0 Å². The summed E-state index contributed by atoms with van der Waals surface area (Å²) < 4.78 is 30.3. The Labute approximate surface area is 64.7 Å². The lowest BCUT2D eigenvalue weighted by molar-refractivity contribution is -0.0424. The van der Waals surface area contributed by atoms with Gasteiger partial charge in [0, 0.05) is 13.0 Å². The van der Waals surface area contributed by atoms with Gasteiger partial charge < -0.3 is 10.5 Å². The van der Waals surface area contributed by atoms with Crippen molar-refractivity contribution in [3.63, 3.8) is 0 Å². The van der Waals surface area contributed by atoms with Gasteiger partial charge in [-0.2, -0.15) is 0 Å². The highest BCUT2D eigenvalue weighted by Gasteiger charge is 2.32. The molecular formula is C7H13F2NO. The maximum atomic E-state index is 12.6. The predicted molar refractivity (Wildman–Crippen MR) is 37.6 cm³/mol. The van der Waals surface area contributed by atoms with Crippen molar-refractivity contribution in [2.45, 2.75) is 31.3 Å². The molecule has 11 heavy (non-hydrogen) atoms. The third kappa shape index (κ3) is 2.71. The van der Waals surface area contributed by atoms with Crippen LogP contribution in [0.2, 0.25) is 0 Å². The summed E-state index contributed by atoms with van der Waals surface area (Å²) in [5.41, 5.74) is 4.88. The second-order valence-electron chi connectivity index (χ2n) is 2.90. The molecule has 0 bridgehead atoms. The van der Waals surface area contributed by atoms with Gasteiger partial charge in [0.25, 0.3) is 5.92 Å². The summed E-state index contributed by atoms with van der Waals surface area (Å²) in [6.45, 7) is 0.0399. The molecule has 1 atom stereocenters. The summed E-state index contributed by atoms with van der Waals surface area (Å²) in [5, 5.41) is 0. The van der Waals surface area contributed by atoms with Gasteiger partial charge in [-0.05, 0) is 12.8 Å². The first-order valence-corrected chi connectivity index (χ1v) is 3.83. The Kier molecular flexibility index (Phi) is 2.78. The Morgan fingerprint density at radius 2 is 2.27 bits per heavy atom. The van der Waals surface area contributed by atoms with Gasteiger partial charge in [-0.3, -0.25) is 0 Å². The standard InChI is InChI=1S/C7H13F2NO/c8-7(9,5-10)4-6-2-1-3-11-6/h6H,1-5,10H2. The first kappa shape index (κ1) is 8.87. The number of rotatable bonds is 3. The Morgan fingerprint density at radius 1 is 1.55 bits per heavy atom. The zero-order chi connectivity index (χ0) is 8.32. The monoisotopic (exact) mass is 165 g/mol. The minimum absolute atomic E-state index is 0.219. The molecule has 2 N–H and O–H groups in total. The molecule has 0 radical (unpaired) electrons. The first-order valence-electron chi connectivity index (χ1n) is 3.83. The Hall–Kier alpha value is -0.220. The molecule has 0 aliphatic carbocycles. The second kappa shape index (κ2) is 3.45. The van der Waals surface area contributed by atoms with E-state index >= 15 is 0 Å². The molecule has 1 rings (SSSR count). The third-order valence-corrected chi connectivity index (χ3v) is 1.85. The molecule has 1 heterocycles. The molecule has 1 aliphatic rings. The van der Waals surface area contributed by atoms with Crippen LogP contribution in [0, 0.1) is 0 Å². The minimum Gasteiger partial charge on any atom is -0.378 e. The van der Waals surface area contributed by atoms with Gasteiger partial charge in [-0.25, -0.2) is 8.78 Å². The fourth-order valence-electron chi connectivity index (χ4n) is 1.22. The zero-order valence-corrected chi connectivity index (χ0v) is 6.35. The van der Waals surface area contributed by atoms with E-state index in [9.17, 15) is 8.78 Å². The van der Waals surface area contributed by atoms with Crippen molar-refractivity contribution in [2.24, 2.45) is 5.73 Å². The smallest absolute Gasteiger partial charge is 0.262 e. The molecule has 0 aromatic heterocycles. The van der Waals surface area contributed by atoms with Crippen LogP contribution < -0.4 is 5.73 Å². The quantitative estimate of drug-likeness (QED) is 0.680. The van der Waals surface area contributed by atoms with Crippen LogP contribution in [-0.4, -0.2) is 25.2 Å². The van der Waals surface area contributed by atoms with Crippen molar-refractivity contribution in [2.75, 3.05) is 13.2 Å². The van der Waals surface area contributed by atoms with Gasteiger partial charge in [-0.1, -0.05) is 0 Å². The number of hydrogen-bond donors (Lipinski definition) is 1. The highest BCUT2D eigenvalue weighted by atomic mass is 19.3. The van der Waals surface area contributed by atoms with E-state index < -0.39 is 12.5 Å². The van der Waals surface area contributed by atoms with E-state index in [4.69, 9.17) is 10.5 Å². The lowest BCUT2D eigenvalue weighted by atomic mass is 10.1. The van der Waals surface area contributed by atoms with Crippen LogP contribution in [-0.2, 0) is 4.74 Å². The Morgan fingerprint density at radius 3 is 2.73 bits per heavy atom. The lowest BCUT2D eigenvalue weighted by Gasteiger charge is -2.17. The summed E-state index contributed by atoms with van der Waals surface area (Å²) >= 11 is 0. The van der Waals surface area contributed by atoms with E-state index in [1.54, 1.807) is 0 Å². The average Bonchev–Trinajstić information content (AvgIpc) is 2.39. The molecule has 4 heteroatoms. The molecule has 0 aromatic rings. The van der Waals surface area contributed by atoms with E-state index in [0.717, 1.165) is 12.8 Å². The summed E-state index contributed by atoms with van der Waals surface area (Å²) in [4.78, 5) is 0. The second-order valence-corrected chi connectivity index (χ2v) is 2.90. The molecule has 1 unspecified atom stereocenters. The first-order chi connectivity index (χ1) is 5.14. The maximum absolute atomic E-state index is 12.6. The van der Waals surface area contributed by atoms with Crippen molar-refractivity contribution >= 4 is 0 Å². The van der Waals surface area contributed by atoms with Crippen LogP contribution in [0.4, 0.5) is 8.78 Å². The zero-order valence-electron chi connectivity index (χ0n) is 6.35. The molecule has 1 aliphatic heterocycles. The van der Waals surface area contributed by atoms with Crippen LogP contribution in [0.15, 0.2) is 0 Å². The topological polar surface area (TPSA) is 35.2 Å². The van der Waals surface area contributed by atoms with Gasteiger partial charge in [-0.15, -0.1) is 0 Å². The number of ether oxygens (including phenoxy) is 1. The van der Waals surface area contributed by atoms with Crippen molar-refractivity contribution in [3.8, 4) is 0 Å². The number of alkyl halides is 2. The highest BCUT2D eigenvalue weighted by Crippen LogP contribution is 2.25. The summed E-state index contributed by atoms with van der Waals surface area (Å²) in [6, 6.07) is 0. The van der Waals surface area contributed by atoms with E-state index in [-0.39, 0.29) is 12.5 Å². The third-order valence-electron chi connectivity index (χ3n) is 1.85. The van der Waals surface area contributed by atoms with E-state index in [1.807, 2.05) is 0 Å². The fourth-order valence-corrected chi connectivity index (χ4v) is 1.22. The largest absolute Gasteiger partial charge is 0.378 e. The molecular weight excluding hydrogens is 152 g/mol. The molecule has 0 aromatic carbocycles. The Balaban J connectivity index is 2.28. The van der Waals surface area contributed by atoms with Crippen LogP contribution in [0.5, 0.6) is 0 Å². The van der Waals surface area contributed by atoms with Gasteiger partial charge in [0.05, 0.1) is 12.6 Å². The summed E-state index contributed by atoms with van der Waals surface area (Å²) in [6.07, 6.45) is 1.15. The van der Waals surface area contributed by atoms with Crippen LogP contribution in [0.25, 0.3) is 0 Å². The number of hydrogen-bond acceptors (Lipinski definition) is 2. The van der Waals surface area contributed by atoms with Crippen LogP contribution >= 0.6 is 0 Å². The lowest BCUT2D eigenvalue weighted by Crippen LogP contribution is -2.32. The molecule has 0 saturated carbocycles. The fraction of sp³-hybridized carbons (Fsp3) is 1.00. The Bertz CT molecular complexity index is 124. The van der Waals surface area contributed by atoms with Crippen molar-refractivity contribution in [1.82, 2.24) is 0 Å². The van der Waals surface area contributed by atoms with Crippen LogP contribution in [0.1, 0.15) is 19.3 Å². The molecule has 2 nitrogen and oxygen atoms in total. The molecule has 0 spiro atoms. The average molecular weight is 165 g/mol. The SMILES string of the molecule is NCC(F)(F)CC1CCCO1. The van der Waals surface area contributed by atoms with Gasteiger partial charge >= 0.3 is 0 Å². The summed E-state index contributed by atoms with van der Waals surface area (Å²) in [5.74, 6) is -2.74. The van der Waals surface area contributed by atoms with E-state index in [2.05, 4.69) is 0 Å². The normalized spacial score (nSPS) is 25.9. The summed E-state index contributed by atoms with van der Waals surface area (Å²) in [7, 11) is 0. The van der Waals surface area contributed by atoms with E-state index in [0.29, 0.717) is 6.61 Å². The molecule has 1 saturated heterocycles. The van der Waals surface area contributed by atoms with Crippen molar-refractivity contribution in [3.05, 3.63) is 0 Å². The molecule has 0 amide bonds. The van der Waals surface area contributed by atoms with Gasteiger partial charge in [0.2, 0.25) is 0 Å². The number of nitrogens with two attached hydrogens (primary N) is 1. The van der Waals surface area contributed by atoms with Crippen molar-refractivity contribution < 1.29 is 13.5 Å². The predicted octanol–water partition coefficient (Wildman–Crippen LogP) is 1.15. The number of halogens is 2.